The fourth-order valence-corrected chi connectivity index (χ4v) is 3.16. The zero-order valence-electron chi connectivity index (χ0n) is 11.4. The number of carboxylic acids is 1. The molecule has 0 radical (unpaired) electrons. The second-order valence-electron chi connectivity index (χ2n) is 4.73. The summed E-state index contributed by atoms with van der Waals surface area (Å²) in [5, 5.41) is 9.13. The third kappa shape index (κ3) is 2.67. The van der Waals surface area contributed by atoms with E-state index in [-0.39, 0.29) is 18.5 Å². The molecule has 0 saturated carbocycles. The second-order valence-corrected chi connectivity index (χ2v) is 5.95. The molecule has 0 aliphatic carbocycles. The number of nitrogens with zero attached hydrogens (tertiary/aromatic N) is 1. The Balaban J connectivity index is 2.34. The lowest BCUT2D eigenvalue weighted by Crippen LogP contribution is -2.34. The molecule has 0 aliphatic heterocycles. The predicted octanol–water partition coefficient (Wildman–Crippen LogP) is 1.62. The second kappa shape index (κ2) is 5.62. The minimum Gasteiger partial charge on any atom is -0.481 e. The van der Waals surface area contributed by atoms with Gasteiger partial charge in [0, 0.05) is 17.8 Å². The Hall–Kier alpha value is -1.89. The van der Waals surface area contributed by atoms with Gasteiger partial charge in [-0.05, 0) is 32.3 Å². The SMILES string of the molecule is Cc1sc2[nH]c(=O)n(CCCCC(=O)O)c(=O)c2c1C. The van der Waals surface area contributed by atoms with Gasteiger partial charge in [0.05, 0.1) is 5.39 Å². The molecule has 0 spiro atoms. The topological polar surface area (TPSA) is 92.2 Å². The van der Waals surface area contributed by atoms with Crippen molar-refractivity contribution in [2.75, 3.05) is 0 Å². The van der Waals surface area contributed by atoms with E-state index in [9.17, 15) is 14.4 Å². The van der Waals surface area contributed by atoms with Gasteiger partial charge < -0.3 is 5.11 Å². The number of thiophene rings is 1. The summed E-state index contributed by atoms with van der Waals surface area (Å²) in [6.07, 6.45) is 0.981. The highest BCUT2D eigenvalue weighted by molar-refractivity contribution is 7.18. The molecule has 0 aromatic carbocycles. The number of fused-ring (bicyclic) bond motifs is 1. The fraction of sp³-hybridized carbons (Fsp3) is 0.462. The van der Waals surface area contributed by atoms with Crippen molar-refractivity contribution in [1.82, 2.24) is 9.55 Å². The Morgan fingerprint density at radius 2 is 2.00 bits per heavy atom. The molecule has 0 atom stereocenters. The Morgan fingerprint density at radius 3 is 2.65 bits per heavy atom. The van der Waals surface area contributed by atoms with Crippen LogP contribution in [-0.4, -0.2) is 20.6 Å². The third-order valence-corrected chi connectivity index (χ3v) is 4.45. The first-order valence-corrected chi connectivity index (χ1v) is 7.18. The molecule has 0 unspecified atom stereocenters. The average molecular weight is 296 g/mol. The van der Waals surface area contributed by atoms with Crippen LogP contribution in [0, 0.1) is 13.8 Å². The maximum Gasteiger partial charge on any atom is 0.329 e. The summed E-state index contributed by atoms with van der Waals surface area (Å²) < 4.78 is 1.16. The molecule has 2 heterocycles. The highest BCUT2D eigenvalue weighted by atomic mass is 32.1. The highest BCUT2D eigenvalue weighted by Crippen LogP contribution is 2.24. The van der Waals surface area contributed by atoms with Crippen LogP contribution in [-0.2, 0) is 11.3 Å². The summed E-state index contributed by atoms with van der Waals surface area (Å²) in [4.78, 5) is 39.0. The van der Waals surface area contributed by atoms with E-state index >= 15 is 0 Å². The fourth-order valence-electron chi connectivity index (χ4n) is 2.11. The van der Waals surface area contributed by atoms with Gasteiger partial charge >= 0.3 is 11.7 Å². The molecule has 0 fully saturated rings. The zero-order valence-corrected chi connectivity index (χ0v) is 12.2. The van der Waals surface area contributed by atoms with Crippen molar-refractivity contribution >= 4 is 27.5 Å². The number of aromatic amines is 1. The van der Waals surface area contributed by atoms with Crippen molar-refractivity contribution in [1.29, 1.82) is 0 Å². The average Bonchev–Trinajstić information content (AvgIpc) is 2.63. The van der Waals surface area contributed by atoms with E-state index < -0.39 is 11.7 Å². The van der Waals surface area contributed by atoms with Crippen molar-refractivity contribution in [3.8, 4) is 0 Å². The Morgan fingerprint density at radius 1 is 1.30 bits per heavy atom. The lowest BCUT2D eigenvalue weighted by Gasteiger charge is -2.04. The molecular formula is C13H16N2O4S. The van der Waals surface area contributed by atoms with Gasteiger partial charge in [-0.2, -0.15) is 0 Å². The first-order chi connectivity index (χ1) is 9.41. The molecule has 20 heavy (non-hydrogen) atoms. The quantitative estimate of drug-likeness (QED) is 0.820. The summed E-state index contributed by atoms with van der Waals surface area (Å²) >= 11 is 1.40. The van der Waals surface area contributed by atoms with Gasteiger partial charge in [-0.3, -0.25) is 19.1 Å². The van der Waals surface area contributed by atoms with Crippen molar-refractivity contribution in [3.63, 3.8) is 0 Å². The number of hydrogen-bond donors (Lipinski definition) is 2. The van der Waals surface area contributed by atoms with Crippen molar-refractivity contribution in [2.45, 2.75) is 39.7 Å². The Labute approximate surface area is 118 Å². The number of aryl methyl sites for hydroxylation is 2. The molecule has 2 aromatic heterocycles. The molecular weight excluding hydrogens is 280 g/mol. The molecule has 6 nitrogen and oxygen atoms in total. The number of aliphatic carboxylic acids is 1. The number of H-pyrrole nitrogens is 1. The van der Waals surface area contributed by atoms with Crippen LogP contribution < -0.4 is 11.2 Å². The van der Waals surface area contributed by atoms with E-state index in [0.29, 0.717) is 23.1 Å². The van der Waals surface area contributed by atoms with Gasteiger partial charge in [-0.1, -0.05) is 0 Å². The van der Waals surface area contributed by atoms with E-state index in [0.717, 1.165) is 15.0 Å². The summed E-state index contributed by atoms with van der Waals surface area (Å²) in [5.41, 5.74) is 0.172. The molecule has 0 aliphatic rings. The Kier molecular flexibility index (Phi) is 4.08. The van der Waals surface area contributed by atoms with Gasteiger partial charge in [0.2, 0.25) is 0 Å². The number of aromatic nitrogens is 2. The lowest BCUT2D eigenvalue weighted by molar-refractivity contribution is -0.137. The maximum absolute atomic E-state index is 12.3. The number of nitrogens with one attached hydrogen (secondary N) is 1. The molecule has 7 heteroatoms. The van der Waals surface area contributed by atoms with E-state index in [4.69, 9.17) is 5.11 Å². The van der Waals surface area contributed by atoms with Gasteiger partial charge in [0.25, 0.3) is 5.56 Å². The molecule has 2 N–H and O–H groups in total. The van der Waals surface area contributed by atoms with Crippen molar-refractivity contribution in [2.24, 2.45) is 0 Å². The van der Waals surface area contributed by atoms with Crippen molar-refractivity contribution < 1.29 is 9.90 Å². The molecule has 108 valence electrons. The number of carboxylic acid groups (broad SMARTS) is 1. The summed E-state index contributed by atoms with van der Waals surface area (Å²) in [7, 11) is 0. The molecule has 2 rings (SSSR count). The van der Waals surface area contributed by atoms with Crippen molar-refractivity contribution in [3.05, 3.63) is 31.3 Å². The third-order valence-electron chi connectivity index (χ3n) is 3.33. The molecule has 0 amide bonds. The molecule has 2 aromatic rings. The smallest absolute Gasteiger partial charge is 0.329 e. The van der Waals surface area contributed by atoms with E-state index in [1.165, 1.54) is 11.3 Å². The highest BCUT2D eigenvalue weighted by Gasteiger charge is 2.13. The van der Waals surface area contributed by atoms with Crippen LogP contribution in [0.2, 0.25) is 0 Å². The zero-order chi connectivity index (χ0) is 14.9. The van der Waals surface area contributed by atoms with E-state index in [2.05, 4.69) is 4.98 Å². The van der Waals surface area contributed by atoms with Gasteiger partial charge in [0.15, 0.2) is 0 Å². The van der Waals surface area contributed by atoms with Gasteiger partial charge in [-0.15, -0.1) is 11.3 Å². The number of hydrogen-bond acceptors (Lipinski definition) is 4. The first kappa shape index (κ1) is 14.5. The number of rotatable bonds is 5. The minimum absolute atomic E-state index is 0.0471. The largest absolute Gasteiger partial charge is 0.481 e. The van der Waals surface area contributed by atoms with E-state index in [1.54, 1.807) is 0 Å². The van der Waals surface area contributed by atoms with Crippen LogP contribution in [0.15, 0.2) is 9.59 Å². The van der Waals surface area contributed by atoms with Gasteiger partial charge in [0.1, 0.15) is 4.83 Å². The Bertz CT molecular complexity index is 769. The monoisotopic (exact) mass is 296 g/mol. The summed E-state index contributed by atoms with van der Waals surface area (Å²) in [5.74, 6) is -0.869. The number of unbranched alkanes of at least 4 members (excludes halogenated alkanes) is 1. The van der Waals surface area contributed by atoms with Gasteiger partial charge in [-0.25, -0.2) is 4.79 Å². The van der Waals surface area contributed by atoms with Crippen LogP contribution in [0.1, 0.15) is 29.7 Å². The van der Waals surface area contributed by atoms with Crippen LogP contribution >= 0.6 is 11.3 Å². The predicted molar refractivity (Wildman–Crippen MR) is 77.7 cm³/mol. The summed E-state index contributed by atoms with van der Waals surface area (Å²) in [6.45, 7) is 4.02. The first-order valence-electron chi connectivity index (χ1n) is 6.36. The van der Waals surface area contributed by atoms with Crippen LogP contribution in [0.5, 0.6) is 0 Å². The van der Waals surface area contributed by atoms with Crippen LogP contribution in [0.25, 0.3) is 10.2 Å². The molecule has 0 saturated heterocycles. The van der Waals surface area contributed by atoms with Crippen LogP contribution in [0.3, 0.4) is 0 Å². The van der Waals surface area contributed by atoms with Crippen LogP contribution in [0.4, 0.5) is 0 Å². The maximum atomic E-state index is 12.3. The normalized spacial score (nSPS) is 11.1. The standard InChI is InChI=1S/C13H16N2O4S/c1-7-8(2)20-11-10(7)12(18)15(13(19)14-11)6-4-3-5-9(16)17/h3-6H2,1-2H3,(H,14,19)(H,16,17). The van der Waals surface area contributed by atoms with E-state index in [1.807, 2.05) is 13.8 Å². The number of carbonyl (C=O) groups is 1. The lowest BCUT2D eigenvalue weighted by atomic mass is 10.2. The molecule has 0 bridgehead atoms. The minimum atomic E-state index is -0.869. The summed E-state index contributed by atoms with van der Waals surface area (Å²) in [6, 6.07) is 0.